The van der Waals surface area contributed by atoms with Gasteiger partial charge in [0.05, 0.1) is 31.7 Å². The largest absolute Gasteiger partial charge is 0.476 e. The molecule has 4 rings (SSSR count). The topological polar surface area (TPSA) is 231 Å². The van der Waals surface area contributed by atoms with E-state index in [9.17, 15) is 24.4 Å². The lowest BCUT2D eigenvalue weighted by Gasteiger charge is -2.28. The van der Waals surface area contributed by atoms with Crippen LogP contribution in [0.15, 0.2) is 35.7 Å². The lowest BCUT2D eigenvalue weighted by molar-refractivity contribution is -0.149. The number of hydrogen-bond donors (Lipinski definition) is 3. The number of azide groups is 1. The van der Waals surface area contributed by atoms with E-state index < -0.39 is 62.3 Å². The van der Waals surface area contributed by atoms with Crippen molar-refractivity contribution in [2.75, 3.05) is 18.9 Å². The van der Waals surface area contributed by atoms with Crippen LogP contribution in [-0.4, -0.2) is 73.7 Å². The van der Waals surface area contributed by atoms with Crippen molar-refractivity contribution in [2.24, 2.45) is 5.11 Å². The number of carbonyl (C=O) groups is 1. The zero-order valence-electron chi connectivity index (χ0n) is 24.5. The van der Waals surface area contributed by atoms with Gasteiger partial charge >= 0.3 is 13.7 Å². The molecule has 1 aromatic carbocycles. The van der Waals surface area contributed by atoms with Crippen LogP contribution in [0.4, 0.5) is 10.3 Å². The van der Waals surface area contributed by atoms with Crippen LogP contribution in [0.25, 0.3) is 21.6 Å². The molecule has 0 radical (unpaired) electrons. The molecule has 3 aromatic rings. The number of anilines is 1. The monoisotopic (exact) mass is 637 g/mol. The predicted octanol–water partition coefficient (Wildman–Crippen LogP) is 3.41. The van der Waals surface area contributed by atoms with Crippen molar-refractivity contribution in [3.05, 3.63) is 46.9 Å². The maximum atomic E-state index is 13.9. The number of carbonyl (C=O) groups excluding carboxylic acids is 1. The van der Waals surface area contributed by atoms with Crippen LogP contribution < -0.4 is 20.1 Å². The molecule has 238 valence electrons. The Balaban J connectivity index is 1.63. The second-order valence-electron chi connectivity index (χ2n) is 10.2. The number of nitrogen functional groups attached to an aromatic ring is 1. The number of halogens is 1. The van der Waals surface area contributed by atoms with Crippen LogP contribution in [0.2, 0.25) is 0 Å². The number of nitrogens with zero attached hydrogens (tertiary/aromatic N) is 7. The highest BCUT2D eigenvalue weighted by molar-refractivity contribution is 7.52. The van der Waals surface area contributed by atoms with E-state index in [0.29, 0.717) is 0 Å². The minimum atomic E-state index is -4.43. The molecular formula is C25H33FN9O8P. The summed E-state index contributed by atoms with van der Waals surface area (Å²) >= 11 is 0. The van der Waals surface area contributed by atoms with Gasteiger partial charge in [0.15, 0.2) is 17.4 Å². The molecule has 1 aliphatic rings. The number of hydrogen-bond acceptors (Lipinski definition) is 13. The number of benzene rings is 1. The average Bonchev–Trinajstić information content (AvgIpc) is 3.47. The Hall–Kier alpha value is -4.05. The van der Waals surface area contributed by atoms with Gasteiger partial charge in [-0.25, -0.2) is 13.9 Å². The molecule has 1 fully saturated rings. The first-order chi connectivity index (χ1) is 20.8. The third-order valence-corrected chi connectivity index (χ3v) is 8.10. The molecule has 0 amide bonds. The van der Waals surface area contributed by atoms with Crippen molar-refractivity contribution < 1.29 is 42.1 Å². The second-order valence-corrected chi connectivity index (χ2v) is 11.9. The number of aliphatic hydroxyl groups excluding tert-OH is 1. The molecule has 0 spiro atoms. The molecule has 1 aliphatic heterocycles. The molecular weight excluding hydrogens is 604 g/mol. The molecule has 6 atom stereocenters. The molecule has 2 aromatic heterocycles. The minimum Gasteiger partial charge on any atom is -0.476 e. The molecule has 4 N–H and O–H groups in total. The Kier molecular flexibility index (Phi) is 9.93. The van der Waals surface area contributed by atoms with Gasteiger partial charge in [-0.3, -0.25) is 13.9 Å². The number of imidazole rings is 1. The summed E-state index contributed by atoms with van der Waals surface area (Å²) in [5.74, 6) is -1.34. The van der Waals surface area contributed by atoms with E-state index in [2.05, 4.69) is 30.1 Å². The summed E-state index contributed by atoms with van der Waals surface area (Å²) in [7, 11) is -4.43. The summed E-state index contributed by atoms with van der Waals surface area (Å²) in [6.45, 7) is 7.56. The quantitative estimate of drug-likeness (QED) is 0.0803. The summed E-state index contributed by atoms with van der Waals surface area (Å²) < 4.78 is 56.8. The van der Waals surface area contributed by atoms with Crippen molar-refractivity contribution in [2.45, 2.75) is 70.7 Å². The van der Waals surface area contributed by atoms with Crippen molar-refractivity contribution in [3.8, 4) is 11.6 Å². The van der Waals surface area contributed by atoms with Gasteiger partial charge in [-0.2, -0.15) is 15.1 Å². The van der Waals surface area contributed by atoms with E-state index >= 15 is 0 Å². The number of aliphatic hydroxyl groups is 1. The maximum Gasteiger partial charge on any atom is 0.459 e. The fraction of sp³-hybridized carbons (Fsp3) is 0.520. The smallest absolute Gasteiger partial charge is 0.459 e. The van der Waals surface area contributed by atoms with Crippen LogP contribution in [-0.2, 0) is 23.4 Å². The van der Waals surface area contributed by atoms with Gasteiger partial charge in [-0.15, -0.1) is 0 Å². The summed E-state index contributed by atoms with van der Waals surface area (Å²) in [5, 5.41) is 17.6. The number of fused-ring (bicyclic) bond motifs is 1. The first kappa shape index (κ1) is 32.9. The van der Waals surface area contributed by atoms with Gasteiger partial charge < -0.3 is 29.6 Å². The van der Waals surface area contributed by atoms with E-state index in [-0.39, 0.29) is 35.3 Å². The Bertz CT molecular complexity index is 1590. The molecule has 3 heterocycles. The lowest BCUT2D eigenvalue weighted by atomic mass is 9.93. The zero-order chi connectivity index (χ0) is 32.2. The van der Waals surface area contributed by atoms with Crippen LogP contribution in [0.5, 0.6) is 11.6 Å². The number of esters is 1. The van der Waals surface area contributed by atoms with Crippen molar-refractivity contribution >= 4 is 30.8 Å². The van der Waals surface area contributed by atoms with Gasteiger partial charge in [0.1, 0.15) is 29.3 Å². The summed E-state index contributed by atoms with van der Waals surface area (Å²) in [5.41, 5.74) is 14.0. The Morgan fingerprint density at radius 1 is 1.34 bits per heavy atom. The van der Waals surface area contributed by atoms with Gasteiger partial charge in [0, 0.05) is 4.91 Å². The van der Waals surface area contributed by atoms with Crippen molar-refractivity contribution in [1.82, 2.24) is 24.6 Å². The fourth-order valence-electron chi connectivity index (χ4n) is 4.42. The number of nitrogens with two attached hydrogens (primary N) is 1. The number of rotatable bonds is 13. The van der Waals surface area contributed by atoms with Gasteiger partial charge in [0.2, 0.25) is 11.8 Å². The van der Waals surface area contributed by atoms with Crippen LogP contribution >= 0.6 is 7.75 Å². The highest BCUT2D eigenvalue weighted by Crippen LogP contribution is 2.48. The molecule has 19 heteroatoms. The summed E-state index contributed by atoms with van der Waals surface area (Å²) in [4.78, 5) is 27.9. The van der Waals surface area contributed by atoms with Crippen molar-refractivity contribution in [3.63, 3.8) is 0 Å². The van der Waals surface area contributed by atoms with Gasteiger partial charge in [0.25, 0.3) is 0 Å². The summed E-state index contributed by atoms with van der Waals surface area (Å²) in [6, 6.07) is 3.43. The predicted molar refractivity (Wildman–Crippen MR) is 153 cm³/mol. The Labute approximate surface area is 251 Å². The molecule has 17 nitrogen and oxygen atoms in total. The van der Waals surface area contributed by atoms with Crippen molar-refractivity contribution in [1.29, 1.82) is 0 Å². The third-order valence-electron chi connectivity index (χ3n) is 6.46. The van der Waals surface area contributed by atoms with E-state index in [1.165, 1.54) is 36.9 Å². The van der Waals surface area contributed by atoms with E-state index in [4.69, 9.17) is 29.0 Å². The number of aromatic nitrogens is 4. The second kappa shape index (κ2) is 13.3. The fourth-order valence-corrected chi connectivity index (χ4v) is 5.92. The van der Waals surface area contributed by atoms with E-state index in [1.807, 2.05) is 0 Å². The lowest BCUT2D eigenvalue weighted by Crippen LogP contribution is -2.43. The van der Waals surface area contributed by atoms with Gasteiger partial charge in [-0.05, 0) is 64.4 Å². The SMILES string of the molecule is CCOc1nc(N)nc2c1ncn2[C@@H]1O[C@H](COP(=O)(N[C@@H](C)C(=O)OC(C)C)Oc2ccc(F)cc2)[C@@H](O)[C@@]1(C)N=[N+]=[N-]. The first-order valence-corrected chi connectivity index (χ1v) is 15.0. The minimum absolute atomic E-state index is 0.0383. The average molecular weight is 638 g/mol. The van der Waals surface area contributed by atoms with E-state index in [0.717, 1.165) is 12.1 Å². The zero-order valence-corrected chi connectivity index (χ0v) is 25.4. The Morgan fingerprint density at radius 2 is 2.05 bits per heavy atom. The molecule has 1 saturated heterocycles. The van der Waals surface area contributed by atoms with Crippen LogP contribution in [0, 0.1) is 5.82 Å². The van der Waals surface area contributed by atoms with Crippen LogP contribution in [0.3, 0.4) is 0 Å². The normalized spacial score (nSPS) is 23.6. The molecule has 44 heavy (non-hydrogen) atoms. The van der Waals surface area contributed by atoms with Gasteiger partial charge in [-0.1, -0.05) is 5.11 Å². The molecule has 0 saturated carbocycles. The number of nitrogens with one attached hydrogen (secondary N) is 1. The van der Waals surface area contributed by atoms with Crippen LogP contribution in [0.1, 0.15) is 40.8 Å². The highest BCUT2D eigenvalue weighted by Gasteiger charge is 2.55. The third kappa shape index (κ3) is 7.01. The number of ether oxygens (including phenoxy) is 3. The van der Waals surface area contributed by atoms with E-state index in [1.54, 1.807) is 20.8 Å². The molecule has 0 bridgehead atoms. The maximum absolute atomic E-state index is 13.9. The first-order valence-electron chi connectivity index (χ1n) is 13.5. The highest BCUT2D eigenvalue weighted by atomic mass is 31.2. The summed E-state index contributed by atoms with van der Waals surface area (Å²) in [6.07, 6.45) is -3.11. The standard InChI is InChI=1S/C25H33FN9O8P/c1-6-39-21-18-20(30-24(27)31-21)35(12-29-18)23-25(5,33-34-28)19(36)17(42-23)11-40-44(38,32-14(4)22(37)41-13(2)3)43-16-9-7-15(26)8-10-16/h7-10,12-14,17,19,23,36H,6,11H2,1-5H3,(H,32,38)(H2,27,30,31)/t14-,17+,19+,23+,25+,44?/m0/s1. The Morgan fingerprint density at radius 3 is 2.68 bits per heavy atom. The molecule has 0 aliphatic carbocycles. The molecule has 1 unspecified atom stereocenters.